The van der Waals surface area contributed by atoms with Gasteiger partial charge < -0.3 is 49.0 Å². The van der Waals surface area contributed by atoms with Crippen LogP contribution < -0.4 is 49.0 Å². The first-order valence-electron chi connectivity index (χ1n) is 30.2. The zero-order chi connectivity index (χ0) is 65.0. The second-order valence-electron chi connectivity index (χ2n) is 21.4. The third-order valence-corrected chi connectivity index (χ3v) is 15.9. The van der Waals surface area contributed by atoms with Crippen molar-refractivity contribution in [2.24, 2.45) is 0 Å². The molecule has 22 nitrogen and oxygen atoms in total. The van der Waals surface area contributed by atoms with E-state index in [4.69, 9.17) is 0 Å². The smallest absolute Gasteiger partial charge is 0.130 e. The van der Waals surface area contributed by atoms with E-state index >= 15 is 0 Å². The molecule has 0 unspecified atom stereocenters. The van der Waals surface area contributed by atoms with Gasteiger partial charge in [-0.05, 0) is 68.7 Å². The van der Waals surface area contributed by atoms with Crippen molar-refractivity contribution in [3.8, 4) is 0 Å². The molecule has 0 spiro atoms. The van der Waals surface area contributed by atoms with Crippen molar-refractivity contribution in [1.29, 1.82) is 0 Å². The number of benzene rings is 5. The molecule has 0 fully saturated rings. The van der Waals surface area contributed by atoms with Crippen LogP contribution in [0.25, 0.3) is 0 Å². The van der Waals surface area contributed by atoms with E-state index in [1.165, 1.54) is 0 Å². The summed E-state index contributed by atoms with van der Waals surface area (Å²) in [6.45, 7) is 14.3. The maximum atomic E-state index is 4.41. The molecule has 0 atom stereocenters. The molecule has 5 aliphatic heterocycles. The number of hydrogen-bond acceptors (Lipinski definition) is 23. The summed E-state index contributed by atoms with van der Waals surface area (Å²) >= 11 is 1.68. The van der Waals surface area contributed by atoms with Crippen LogP contribution in [0.15, 0.2) is 251 Å². The summed E-state index contributed by atoms with van der Waals surface area (Å²) in [6, 6.07) is 67.6. The Morgan fingerprint density at radius 2 is 0.713 bits per heavy atom. The molecule has 0 saturated carbocycles. The van der Waals surface area contributed by atoms with Crippen LogP contribution in [-0.4, -0.2) is 72.9 Å². The van der Waals surface area contributed by atoms with Crippen LogP contribution in [0.2, 0.25) is 0 Å². The van der Waals surface area contributed by atoms with E-state index in [2.05, 4.69) is 137 Å². The number of rotatable bonds is 9. The molecule has 13 aromatic rings. The predicted molar refractivity (Wildman–Crippen MR) is 374 cm³/mol. The Hall–Kier alpha value is -9.25. The van der Waals surface area contributed by atoms with Crippen LogP contribution in [0.5, 0.6) is 0 Å². The Labute approximate surface area is 658 Å². The summed E-state index contributed by atoms with van der Waals surface area (Å²) in [7, 11) is 1.97. The van der Waals surface area contributed by atoms with E-state index in [0.29, 0.717) is 6.04 Å². The number of para-hydroxylation sites is 5. The monoisotopic (exact) mass is 2240 g/mol. The van der Waals surface area contributed by atoms with Crippen molar-refractivity contribution in [3.05, 3.63) is 314 Å². The Bertz CT molecular complexity index is 4360. The fraction of sp³-hybridized carbons (Fsp3) is 0.0548. The maximum absolute atomic E-state index is 4.41. The Morgan fingerprint density at radius 1 is 0.327 bits per heavy atom. The van der Waals surface area contributed by atoms with Gasteiger partial charge in [0.05, 0.1) is 64.4 Å². The molecule has 0 bridgehead atoms. The number of pyridine rings is 2. The molecule has 101 heavy (non-hydrogen) atoms. The van der Waals surface area contributed by atoms with Crippen LogP contribution in [0.4, 0.5) is 102 Å². The third-order valence-electron chi connectivity index (χ3n) is 15.1. The first-order chi connectivity index (χ1) is 47.4. The van der Waals surface area contributed by atoms with Gasteiger partial charge in [0.15, 0.2) is 0 Å². The van der Waals surface area contributed by atoms with E-state index < -0.39 is 0 Å². The first-order valence-corrected chi connectivity index (χ1v) is 31.1. The topological polar surface area (TPSA) is 187 Å². The van der Waals surface area contributed by atoms with Gasteiger partial charge in [-0.2, -0.15) is 158 Å². The minimum Gasteiger partial charge on any atom is -0.497 e. The van der Waals surface area contributed by atoms with Gasteiger partial charge in [-0.15, -0.1) is 66.4 Å². The number of hydrogen-bond donors (Lipinski definition) is 0. The molecule has 8 aromatic heterocycles. The third kappa shape index (κ3) is 17.0. The molecule has 0 N–H and O–H groups in total. The van der Waals surface area contributed by atoms with Gasteiger partial charge in [0.25, 0.3) is 0 Å². The quantitative estimate of drug-likeness (QED) is 0.124. The van der Waals surface area contributed by atoms with Crippen LogP contribution in [0.1, 0.15) is 13.8 Å². The minimum absolute atomic E-state index is 0. The number of anilines is 18. The molecule has 5 aromatic carbocycles. The number of thiophene rings is 1. The van der Waals surface area contributed by atoms with Crippen LogP contribution in [0.3, 0.4) is 0 Å². The summed E-state index contributed by atoms with van der Waals surface area (Å²) < 4.78 is 0. The van der Waals surface area contributed by atoms with E-state index in [1.807, 2.05) is 238 Å². The molecule has 0 amide bonds. The number of fused-ring (bicyclic) bond motifs is 5. The van der Waals surface area contributed by atoms with Crippen molar-refractivity contribution in [1.82, 2.24) is 59.8 Å². The van der Waals surface area contributed by atoms with Gasteiger partial charge >= 0.3 is 0 Å². The fourth-order valence-corrected chi connectivity index (χ4v) is 11.4. The molecule has 18 rings (SSSR count). The predicted octanol–water partition coefficient (Wildman–Crippen LogP) is 14.6. The normalized spacial score (nSPS) is 13.0. The van der Waals surface area contributed by atoms with Crippen molar-refractivity contribution >= 4 is 114 Å². The molecule has 0 aliphatic carbocycles. The average Bonchev–Trinajstić information content (AvgIpc) is 1.66. The zero-order valence-electron chi connectivity index (χ0n) is 53.5. The summed E-state index contributed by atoms with van der Waals surface area (Å²) in [5.74, 6) is 4.37. The molecule has 13 heterocycles. The van der Waals surface area contributed by atoms with Gasteiger partial charge in [-0.25, -0.2) is 49.8 Å². The van der Waals surface area contributed by atoms with Crippen molar-refractivity contribution in [2.45, 2.75) is 19.9 Å². The van der Waals surface area contributed by atoms with E-state index in [9.17, 15) is 0 Å². The molecular formula is C73H56Ir5N22S-10. The molecule has 519 valence electrons. The molecule has 5 radical (unpaired) electrons. The van der Waals surface area contributed by atoms with E-state index in [1.54, 1.807) is 80.2 Å². The van der Waals surface area contributed by atoms with Gasteiger partial charge in [0.2, 0.25) is 0 Å². The van der Waals surface area contributed by atoms with Crippen LogP contribution in [-0.2, 0) is 101 Å². The van der Waals surface area contributed by atoms with Crippen molar-refractivity contribution in [3.63, 3.8) is 0 Å². The maximum Gasteiger partial charge on any atom is 0.130 e. The average molecular weight is 2230 g/mol. The van der Waals surface area contributed by atoms with Gasteiger partial charge in [0, 0.05) is 137 Å². The molecule has 5 aliphatic rings. The Kier molecular flexibility index (Phi) is 27.4. The zero-order valence-corrected chi connectivity index (χ0v) is 66.3. The van der Waals surface area contributed by atoms with E-state index in [0.717, 1.165) is 102 Å². The Morgan fingerprint density at radius 3 is 1.12 bits per heavy atom. The van der Waals surface area contributed by atoms with Crippen LogP contribution >= 0.6 is 11.3 Å². The van der Waals surface area contributed by atoms with Gasteiger partial charge in [-0.1, -0.05) is 0 Å². The molecule has 0 saturated heterocycles. The molecule has 28 heteroatoms. The number of aromatic nitrogens is 12. The second kappa shape index (κ2) is 36.4. The summed E-state index contributed by atoms with van der Waals surface area (Å²) in [5.41, 5.74) is 11.6. The molecular weight excluding hydrogens is 2180 g/mol. The van der Waals surface area contributed by atoms with Gasteiger partial charge in [0.1, 0.15) is 60.7 Å². The SMILES string of the molecule is CC(C)N1[CH-]N(c2[c-]cccc2)c2ncncc21.CN1[CH-]N(c2[c-]cccc2)c2cncnc21.[Ir].[Ir].[Ir].[Ir].[Ir].[c-]1ccccc1N1[CH-]N(c2cccnc2)c2ncncc21.[c-]1ccccc1N1[CH-]N(c2cccs2)c2ncncc21.[c-]1ccccc1N1[CH-]N(c2ccncc2)c2ncncc21. The number of nitrogens with zero attached hydrogens (tertiary/aromatic N) is 22. The second-order valence-corrected chi connectivity index (χ2v) is 22.3. The Balaban J connectivity index is 0.000000146. The summed E-state index contributed by atoms with van der Waals surface area (Å²) in [4.78, 5) is 71.0. The van der Waals surface area contributed by atoms with Crippen molar-refractivity contribution in [2.75, 3.05) is 56.0 Å². The van der Waals surface area contributed by atoms with Gasteiger partial charge in [-0.3, -0.25) is 9.97 Å². The largest absolute Gasteiger partial charge is 0.497 e. The van der Waals surface area contributed by atoms with Crippen molar-refractivity contribution < 1.29 is 101 Å². The van der Waals surface area contributed by atoms with Crippen LogP contribution in [0, 0.1) is 63.7 Å². The summed E-state index contributed by atoms with van der Waals surface area (Å²) in [5, 5.41) is 3.19. The first kappa shape index (κ1) is 75.9. The van der Waals surface area contributed by atoms with E-state index in [-0.39, 0.29) is 101 Å². The summed E-state index contributed by atoms with van der Waals surface area (Å²) in [6.07, 6.45) is 24.0. The standard InChI is InChI=1S/2C16H11N5.C15H10N4S.C14H14N4.C12H10N4.5Ir/c1-2-5-13(6-3-1)20-12-21(14-7-4-8-17-9-14)16-15(20)10-18-11-19-16;1-2-4-13(5-3-1)20-12-21(14-6-8-17-9-7-14)16-15(20)10-18-11-19-16;1-2-5-12(6-3-1)18-11-19(14-7-4-8-20-14)15-13(18)9-16-10-17-15;1-11(2)17-10-18(12-6-4-3-5-7-12)14-13(17)8-15-9-16-14;1-15-9-16(10-5-3-2-4-6-10)11-7-13-8-14-12(11)15;;;;;/h1-5,7-12H;1-4,6-12H;1-5,7-11H;3-6,8-11H,1-2H3;2-5,7-9H,1H3;;;;;/q5*-2;;;;;. The minimum atomic E-state index is 0. The fourth-order valence-electron chi connectivity index (χ4n) is 10.7.